The van der Waals surface area contributed by atoms with Crippen molar-refractivity contribution >= 4 is 17.2 Å². The van der Waals surface area contributed by atoms with Crippen LogP contribution in [0.2, 0.25) is 0 Å². The topological polar surface area (TPSA) is 54.7 Å². The summed E-state index contributed by atoms with van der Waals surface area (Å²) in [6.07, 6.45) is 4.28. The van der Waals surface area contributed by atoms with Gasteiger partial charge in [-0.3, -0.25) is 9.69 Å². The molecule has 5 nitrogen and oxygen atoms in total. The molecular weight excluding hydrogens is 324 g/mol. The molecule has 0 saturated carbocycles. The number of amides is 1. The second kappa shape index (κ2) is 7.09. The highest BCUT2D eigenvalue weighted by Gasteiger charge is 2.41. The van der Waals surface area contributed by atoms with E-state index in [0.29, 0.717) is 12.6 Å². The third kappa shape index (κ3) is 3.41. The van der Waals surface area contributed by atoms with Crippen LogP contribution in [0, 0.1) is 0 Å². The summed E-state index contributed by atoms with van der Waals surface area (Å²) < 4.78 is 11.4. The summed E-state index contributed by atoms with van der Waals surface area (Å²) in [7, 11) is 0. The predicted octanol–water partition coefficient (Wildman–Crippen LogP) is 2.78. The number of carbonyl (C=O) groups excluding carboxylic acids is 1. The van der Waals surface area contributed by atoms with E-state index >= 15 is 0 Å². The average molecular weight is 346 g/mol. The number of ether oxygens (including phenoxy) is 1. The maximum Gasteiger partial charge on any atom is 0.249 e. The largest absolute Gasteiger partial charge is 0.467 e. The minimum absolute atomic E-state index is 0.0263. The first-order chi connectivity index (χ1) is 11.8. The molecule has 0 radical (unpaired) electrons. The third-order valence-electron chi connectivity index (χ3n) is 4.91. The Morgan fingerprint density at radius 3 is 3.04 bits per heavy atom. The van der Waals surface area contributed by atoms with Gasteiger partial charge < -0.3 is 14.5 Å². The average Bonchev–Trinajstić information content (AvgIpc) is 3.35. The number of fused-ring (bicyclic) bond motifs is 1. The Labute approximate surface area is 145 Å². The van der Waals surface area contributed by atoms with Gasteiger partial charge in [0.05, 0.1) is 18.9 Å². The maximum absolute atomic E-state index is 12.3. The van der Waals surface area contributed by atoms with Crippen molar-refractivity contribution in [1.29, 1.82) is 0 Å². The first kappa shape index (κ1) is 15.9. The zero-order valence-corrected chi connectivity index (χ0v) is 14.3. The van der Waals surface area contributed by atoms with Crippen molar-refractivity contribution in [3.05, 3.63) is 46.5 Å². The zero-order valence-electron chi connectivity index (χ0n) is 13.5. The standard InChI is InChI=1S/C18H22N2O3S/c21-18(19-11-13-3-1-9-22-13)17-6-5-15-16(23-17)7-8-20(15)12-14-4-2-10-24-14/h1-4,9-10,15-17H,5-8,11-12H2,(H,19,21)/t15-,16-,17-/m1/s1. The van der Waals surface area contributed by atoms with Gasteiger partial charge >= 0.3 is 0 Å². The lowest BCUT2D eigenvalue weighted by molar-refractivity contribution is -0.144. The molecule has 2 fully saturated rings. The molecule has 0 spiro atoms. The summed E-state index contributed by atoms with van der Waals surface area (Å²) in [6, 6.07) is 8.42. The Balaban J connectivity index is 1.29. The van der Waals surface area contributed by atoms with Crippen LogP contribution in [0.4, 0.5) is 0 Å². The Morgan fingerprint density at radius 1 is 1.29 bits per heavy atom. The van der Waals surface area contributed by atoms with E-state index in [1.165, 1.54) is 4.88 Å². The minimum Gasteiger partial charge on any atom is -0.467 e. The van der Waals surface area contributed by atoms with Crippen LogP contribution in [0.3, 0.4) is 0 Å². The van der Waals surface area contributed by atoms with E-state index in [4.69, 9.17) is 9.15 Å². The Morgan fingerprint density at radius 2 is 2.25 bits per heavy atom. The highest BCUT2D eigenvalue weighted by atomic mass is 32.1. The van der Waals surface area contributed by atoms with Crippen LogP contribution in [0.5, 0.6) is 0 Å². The summed E-state index contributed by atoms with van der Waals surface area (Å²) in [6.45, 7) is 2.47. The normalized spacial score (nSPS) is 27.1. The highest BCUT2D eigenvalue weighted by Crippen LogP contribution is 2.33. The van der Waals surface area contributed by atoms with Gasteiger partial charge in [-0.15, -0.1) is 11.3 Å². The van der Waals surface area contributed by atoms with Crippen molar-refractivity contribution in [3.8, 4) is 0 Å². The van der Waals surface area contributed by atoms with Crippen LogP contribution < -0.4 is 5.32 Å². The van der Waals surface area contributed by atoms with Crippen molar-refractivity contribution in [1.82, 2.24) is 10.2 Å². The molecule has 4 heterocycles. The number of carbonyl (C=O) groups is 1. The Hall–Kier alpha value is -1.63. The monoisotopic (exact) mass is 346 g/mol. The Bertz CT molecular complexity index is 656. The number of nitrogens with zero attached hydrogens (tertiary/aromatic N) is 1. The molecule has 24 heavy (non-hydrogen) atoms. The lowest BCUT2D eigenvalue weighted by atomic mass is 9.98. The molecule has 128 valence electrons. The first-order valence-electron chi connectivity index (χ1n) is 8.51. The molecule has 6 heteroatoms. The molecule has 1 N–H and O–H groups in total. The molecule has 2 saturated heterocycles. The second-order valence-electron chi connectivity index (χ2n) is 6.44. The van der Waals surface area contributed by atoms with E-state index in [1.54, 1.807) is 17.6 Å². The van der Waals surface area contributed by atoms with Gasteiger partial charge in [0.25, 0.3) is 0 Å². The fourth-order valence-corrected chi connectivity index (χ4v) is 4.44. The van der Waals surface area contributed by atoms with Crippen molar-refractivity contribution < 1.29 is 13.9 Å². The third-order valence-corrected chi connectivity index (χ3v) is 5.77. The lowest BCUT2D eigenvalue weighted by Gasteiger charge is -2.35. The smallest absolute Gasteiger partial charge is 0.249 e. The van der Waals surface area contributed by atoms with Gasteiger partial charge in [0.2, 0.25) is 5.91 Å². The molecule has 2 aromatic heterocycles. The van der Waals surface area contributed by atoms with E-state index < -0.39 is 0 Å². The number of furan rings is 1. The summed E-state index contributed by atoms with van der Waals surface area (Å²) in [4.78, 5) is 16.2. The molecular formula is C18H22N2O3S. The number of rotatable bonds is 5. The van der Waals surface area contributed by atoms with Gasteiger partial charge in [-0.2, -0.15) is 0 Å². The summed E-state index contributed by atoms with van der Waals surface area (Å²) in [5.74, 6) is 0.738. The molecule has 0 aliphatic carbocycles. The predicted molar refractivity (Wildman–Crippen MR) is 91.6 cm³/mol. The number of nitrogens with one attached hydrogen (secondary N) is 1. The van der Waals surface area contributed by atoms with Gasteiger partial charge in [0.1, 0.15) is 11.9 Å². The van der Waals surface area contributed by atoms with E-state index in [1.807, 2.05) is 12.1 Å². The summed E-state index contributed by atoms with van der Waals surface area (Å²) in [5.41, 5.74) is 0. The van der Waals surface area contributed by atoms with E-state index in [2.05, 4.69) is 27.7 Å². The second-order valence-corrected chi connectivity index (χ2v) is 7.48. The van der Waals surface area contributed by atoms with Crippen LogP contribution in [-0.2, 0) is 22.6 Å². The maximum atomic E-state index is 12.3. The summed E-state index contributed by atoms with van der Waals surface area (Å²) in [5, 5.41) is 5.04. The summed E-state index contributed by atoms with van der Waals surface area (Å²) >= 11 is 1.80. The molecule has 3 atom stereocenters. The van der Waals surface area contributed by atoms with Crippen molar-refractivity contribution in [2.45, 2.75) is 50.6 Å². The highest BCUT2D eigenvalue weighted by molar-refractivity contribution is 7.09. The molecule has 0 unspecified atom stereocenters. The van der Waals surface area contributed by atoms with Crippen molar-refractivity contribution in [3.63, 3.8) is 0 Å². The SMILES string of the molecule is O=C(NCc1ccco1)[C@H]1CC[C@@H]2[C@@H](CCN2Cc2cccs2)O1. The minimum atomic E-state index is -0.331. The molecule has 2 aliphatic rings. The van der Waals surface area contributed by atoms with Gasteiger partial charge in [0.15, 0.2) is 0 Å². The Kier molecular flexibility index (Phi) is 4.69. The molecule has 0 bridgehead atoms. The fraction of sp³-hybridized carbons (Fsp3) is 0.500. The van der Waals surface area contributed by atoms with Crippen LogP contribution in [-0.4, -0.2) is 35.6 Å². The molecule has 2 aromatic rings. The number of thiophene rings is 1. The van der Waals surface area contributed by atoms with Gasteiger partial charge in [-0.05, 0) is 42.8 Å². The van der Waals surface area contributed by atoms with Gasteiger partial charge in [0, 0.05) is 24.0 Å². The van der Waals surface area contributed by atoms with Crippen LogP contribution in [0.1, 0.15) is 29.9 Å². The van der Waals surface area contributed by atoms with Crippen LogP contribution in [0.25, 0.3) is 0 Å². The molecule has 2 aliphatic heterocycles. The van der Waals surface area contributed by atoms with Gasteiger partial charge in [-0.1, -0.05) is 6.07 Å². The number of hydrogen-bond donors (Lipinski definition) is 1. The zero-order chi connectivity index (χ0) is 16.4. The van der Waals surface area contributed by atoms with E-state index in [0.717, 1.165) is 38.1 Å². The van der Waals surface area contributed by atoms with Crippen LogP contribution in [0.15, 0.2) is 40.3 Å². The van der Waals surface area contributed by atoms with Crippen molar-refractivity contribution in [2.75, 3.05) is 6.54 Å². The first-order valence-corrected chi connectivity index (χ1v) is 9.39. The van der Waals surface area contributed by atoms with E-state index in [-0.39, 0.29) is 18.1 Å². The number of likely N-dealkylation sites (tertiary alicyclic amines) is 1. The fourth-order valence-electron chi connectivity index (χ4n) is 3.71. The van der Waals surface area contributed by atoms with Crippen molar-refractivity contribution in [2.24, 2.45) is 0 Å². The molecule has 4 rings (SSSR count). The van der Waals surface area contributed by atoms with Crippen LogP contribution >= 0.6 is 11.3 Å². The number of hydrogen-bond acceptors (Lipinski definition) is 5. The molecule has 1 amide bonds. The van der Waals surface area contributed by atoms with E-state index in [9.17, 15) is 4.79 Å². The van der Waals surface area contributed by atoms with Gasteiger partial charge in [-0.25, -0.2) is 0 Å². The molecule has 0 aromatic carbocycles. The lowest BCUT2D eigenvalue weighted by Crippen LogP contribution is -2.47. The quantitative estimate of drug-likeness (QED) is 0.904.